The maximum Gasteiger partial charge on any atom is 0.257 e. The van der Waals surface area contributed by atoms with Gasteiger partial charge in [-0.2, -0.15) is 5.26 Å². The van der Waals surface area contributed by atoms with Gasteiger partial charge in [-0.3, -0.25) is 4.79 Å². The van der Waals surface area contributed by atoms with E-state index in [0.29, 0.717) is 30.8 Å². The number of rotatable bonds is 6. The second kappa shape index (κ2) is 7.90. The van der Waals surface area contributed by atoms with Crippen molar-refractivity contribution in [2.24, 2.45) is 0 Å². The molecule has 0 aliphatic rings. The summed E-state index contributed by atoms with van der Waals surface area (Å²) in [7, 11) is 0. The molecule has 0 aliphatic carbocycles. The number of nitrogens with zero attached hydrogens (tertiary/aromatic N) is 2. The van der Waals surface area contributed by atoms with Crippen molar-refractivity contribution in [3.63, 3.8) is 0 Å². The summed E-state index contributed by atoms with van der Waals surface area (Å²) in [5.74, 6) is -0.238. The predicted octanol–water partition coefficient (Wildman–Crippen LogP) is 3.46. The van der Waals surface area contributed by atoms with Gasteiger partial charge in [-0.15, -0.1) is 0 Å². The number of amides is 1. The molecule has 2 aromatic rings. The molecule has 0 radical (unpaired) electrons. The number of nitrogens with one attached hydrogen (secondary N) is 1. The SMILES string of the molecule is Cc1ccc(C(=O)Nc2ncccc2OCCCC#N)cc1F. The van der Waals surface area contributed by atoms with E-state index in [1.165, 1.54) is 12.3 Å². The number of benzene rings is 1. The third-order valence-corrected chi connectivity index (χ3v) is 3.13. The van der Waals surface area contributed by atoms with Crippen molar-refractivity contribution in [1.82, 2.24) is 4.98 Å². The summed E-state index contributed by atoms with van der Waals surface area (Å²) in [6, 6.07) is 9.65. The molecule has 1 amide bonds. The van der Waals surface area contributed by atoms with Gasteiger partial charge in [0.1, 0.15) is 5.82 Å². The van der Waals surface area contributed by atoms with E-state index in [-0.39, 0.29) is 11.4 Å². The number of pyridine rings is 1. The lowest BCUT2D eigenvalue weighted by Crippen LogP contribution is -2.14. The monoisotopic (exact) mass is 313 g/mol. The molecule has 6 heteroatoms. The molecule has 0 unspecified atom stereocenters. The quantitative estimate of drug-likeness (QED) is 0.829. The van der Waals surface area contributed by atoms with Crippen LogP contribution in [0.3, 0.4) is 0 Å². The first-order valence-corrected chi connectivity index (χ1v) is 7.14. The molecule has 0 aliphatic heterocycles. The lowest BCUT2D eigenvalue weighted by Gasteiger charge is -2.11. The van der Waals surface area contributed by atoms with Gasteiger partial charge in [0, 0.05) is 18.2 Å². The largest absolute Gasteiger partial charge is 0.490 e. The number of carbonyl (C=O) groups excluding carboxylic acids is 1. The predicted molar refractivity (Wildman–Crippen MR) is 83.7 cm³/mol. The normalized spacial score (nSPS) is 9.96. The highest BCUT2D eigenvalue weighted by atomic mass is 19.1. The second-order valence-electron chi connectivity index (χ2n) is 4.88. The first-order chi connectivity index (χ1) is 11.1. The summed E-state index contributed by atoms with van der Waals surface area (Å²) in [5, 5.41) is 11.1. The van der Waals surface area contributed by atoms with Gasteiger partial charge in [-0.05, 0) is 43.2 Å². The van der Waals surface area contributed by atoms with Crippen LogP contribution in [-0.4, -0.2) is 17.5 Å². The van der Waals surface area contributed by atoms with Crippen molar-refractivity contribution in [3.8, 4) is 11.8 Å². The Morgan fingerprint density at radius 1 is 1.43 bits per heavy atom. The summed E-state index contributed by atoms with van der Waals surface area (Å²) < 4.78 is 19.1. The first-order valence-electron chi connectivity index (χ1n) is 7.14. The highest BCUT2D eigenvalue weighted by Crippen LogP contribution is 2.22. The average Bonchev–Trinajstić information content (AvgIpc) is 2.55. The lowest BCUT2D eigenvalue weighted by molar-refractivity contribution is 0.102. The van der Waals surface area contributed by atoms with Crippen LogP contribution in [-0.2, 0) is 0 Å². The van der Waals surface area contributed by atoms with Crippen molar-refractivity contribution < 1.29 is 13.9 Å². The second-order valence-corrected chi connectivity index (χ2v) is 4.88. The Balaban J connectivity index is 2.08. The van der Waals surface area contributed by atoms with Crippen LogP contribution in [0.2, 0.25) is 0 Å². The van der Waals surface area contributed by atoms with Crippen LogP contribution in [0.1, 0.15) is 28.8 Å². The van der Waals surface area contributed by atoms with Crippen LogP contribution in [0.4, 0.5) is 10.2 Å². The Kier molecular flexibility index (Phi) is 5.64. The van der Waals surface area contributed by atoms with E-state index in [4.69, 9.17) is 10.00 Å². The number of carbonyl (C=O) groups is 1. The van der Waals surface area contributed by atoms with Crippen LogP contribution in [0.15, 0.2) is 36.5 Å². The number of aryl methyl sites for hydroxylation is 1. The Labute approximate surface area is 133 Å². The van der Waals surface area contributed by atoms with E-state index in [9.17, 15) is 9.18 Å². The van der Waals surface area contributed by atoms with Gasteiger partial charge in [-0.1, -0.05) is 6.07 Å². The van der Waals surface area contributed by atoms with E-state index >= 15 is 0 Å². The topological polar surface area (TPSA) is 75.0 Å². The van der Waals surface area contributed by atoms with Crippen LogP contribution in [0, 0.1) is 24.1 Å². The molecule has 0 fully saturated rings. The van der Waals surface area contributed by atoms with E-state index < -0.39 is 11.7 Å². The molecule has 1 N–H and O–H groups in total. The minimum absolute atomic E-state index is 0.203. The minimum atomic E-state index is -0.468. The third-order valence-electron chi connectivity index (χ3n) is 3.13. The fourth-order valence-electron chi connectivity index (χ4n) is 1.85. The van der Waals surface area contributed by atoms with Crippen molar-refractivity contribution in [1.29, 1.82) is 5.26 Å². The molecule has 0 saturated heterocycles. The van der Waals surface area contributed by atoms with Gasteiger partial charge in [0.05, 0.1) is 12.7 Å². The fourth-order valence-corrected chi connectivity index (χ4v) is 1.85. The lowest BCUT2D eigenvalue weighted by atomic mass is 10.1. The number of unbranched alkanes of at least 4 members (excludes halogenated alkanes) is 1. The summed E-state index contributed by atoms with van der Waals surface area (Å²) in [4.78, 5) is 16.3. The number of aromatic nitrogens is 1. The molecular formula is C17H16FN3O2. The summed E-state index contributed by atoms with van der Waals surface area (Å²) in [5.41, 5.74) is 0.676. The number of halogens is 1. The zero-order valence-electron chi connectivity index (χ0n) is 12.7. The highest BCUT2D eigenvalue weighted by Gasteiger charge is 2.12. The number of ether oxygens (including phenoxy) is 1. The Morgan fingerprint density at radius 2 is 2.26 bits per heavy atom. The van der Waals surface area contributed by atoms with Gasteiger partial charge in [0.25, 0.3) is 5.91 Å². The standard InChI is InChI=1S/C17H16FN3O2/c1-12-6-7-13(11-14(12)18)17(22)21-16-15(5-4-9-20-16)23-10-3-2-8-19/h4-7,9,11H,2-3,10H2,1H3,(H,20,21,22). The molecule has 5 nitrogen and oxygen atoms in total. The Morgan fingerprint density at radius 3 is 3.00 bits per heavy atom. The zero-order chi connectivity index (χ0) is 16.7. The zero-order valence-corrected chi connectivity index (χ0v) is 12.7. The Bertz CT molecular complexity index is 741. The minimum Gasteiger partial charge on any atom is -0.490 e. The molecule has 0 atom stereocenters. The van der Waals surface area contributed by atoms with E-state index in [1.807, 2.05) is 6.07 Å². The number of hydrogen-bond donors (Lipinski definition) is 1. The molecule has 1 aromatic heterocycles. The molecule has 0 bridgehead atoms. The molecule has 2 rings (SSSR count). The fraction of sp³-hybridized carbons (Fsp3) is 0.235. The average molecular weight is 313 g/mol. The maximum absolute atomic E-state index is 13.6. The summed E-state index contributed by atoms with van der Waals surface area (Å²) in [6.45, 7) is 1.98. The first kappa shape index (κ1) is 16.4. The molecule has 0 spiro atoms. The van der Waals surface area contributed by atoms with Gasteiger partial charge in [0.15, 0.2) is 11.6 Å². The van der Waals surface area contributed by atoms with Crippen LogP contribution < -0.4 is 10.1 Å². The van der Waals surface area contributed by atoms with Crippen molar-refractivity contribution in [2.45, 2.75) is 19.8 Å². The molecular weight excluding hydrogens is 297 g/mol. The van der Waals surface area contributed by atoms with Gasteiger partial charge < -0.3 is 10.1 Å². The maximum atomic E-state index is 13.6. The number of hydrogen-bond acceptors (Lipinski definition) is 4. The third kappa shape index (κ3) is 4.51. The van der Waals surface area contributed by atoms with Gasteiger partial charge in [0.2, 0.25) is 0 Å². The van der Waals surface area contributed by atoms with Gasteiger partial charge >= 0.3 is 0 Å². The van der Waals surface area contributed by atoms with Crippen molar-refractivity contribution >= 4 is 11.7 Å². The molecule has 1 aromatic carbocycles. The van der Waals surface area contributed by atoms with Crippen LogP contribution in [0.5, 0.6) is 5.75 Å². The van der Waals surface area contributed by atoms with E-state index in [2.05, 4.69) is 10.3 Å². The van der Waals surface area contributed by atoms with Crippen LogP contribution in [0.25, 0.3) is 0 Å². The molecule has 118 valence electrons. The summed E-state index contributed by atoms with van der Waals surface area (Å²) >= 11 is 0. The number of nitriles is 1. The van der Waals surface area contributed by atoms with Crippen molar-refractivity contribution in [2.75, 3.05) is 11.9 Å². The molecule has 1 heterocycles. The van der Waals surface area contributed by atoms with E-state index in [0.717, 1.165) is 0 Å². The number of anilines is 1. The summed E-state index contributed by atoms with van der Waals surface area (Å²) in [6.07, 6.45) is 2.50. The van der Waals surface area contributed by atoms with Gasteiger partial charge in [-0.25, -0.2) is 9.37 Å². The smallest absolute Gasteiger partial charge is 0.257 e. The Hall–Kier alpha value is -2.94. The van der Waals surface area contributed by atoms with Crippen LogP contribution >= 0.6 is 0 Å². The highest BCUT2D eigenvalue weighted by molar-refractivity contribution is 6.04. The van der Waals surface area contributed by atoms with Crippen molar-refractivity contribution in [3.05, 3.63) is 53.5 Å². The molecule has 23 heavy (non-hydrogen) atoms. The molecule has 0 saturated carbocycles. The van der Waals surface area contributed by atoms with E-state index in [1.54, 1.807) is 31.2 Å².